The van der Waals surface area contributed by atoms with E-state index in [1.807, 2.05) is 0 Å². The van der Waals surface area contributed by atoms with Gasteiger partial charge in [0.1, 0.15) is 18.2 Å². The van der Waals surface area contributed by atoms with Crippen molar-refractivity contribution in [2.75, 3.05) is 13.2 Å². The average Bonchev–Trinajstić information content (AvgIpc) is 2.99. The maximum atomic E-state index is 13.1. The molecule has 1 amide bonds. The maximum Gasteiger partial charge on any atom is 0.251 e. The molecular formula is C16H22ClFN2O2. The number of nitrogens with one attached hydrogen (secondary N) is 1. The zero-order chi connectivity index (χ0) is 15.1. The van der Waals surface area contributed by atoms with Gasteiger partial charge >= 0.3 is 0 Å². The molecule has 1 aromatic rings. The zero-order valence-electron chi connectivity index (χ0n) is 12.4. The van der Waals surface area contributed by atoms with Crippen LogP contribution in [0.4, 0.5) is 4.39 Å². The summed E-state index contributed by atoms with van der Waals surface area (Å²) in [5, 5.41) is 3.02. The van der Waals surface area contributed by atoms with Gasteiger partial charge in [-0.2, -0.15) is 0 Å². The second-order valence-corrected chi connectivity index (χ2v) is 5.15. The number of carbonyl (C=O) groups excluding carboxylic acids is 1. The van der Waals surface area contributed by atoms with Crippen molar-refractivity contribution in [2.24, 2.45) is 5.73 Å². The van der Waals surface area contributed by atoms with Crippen LogP contribution in [0, 0.1) is 0 Å². The lowest BCUT2D eigenvalue weighted by atomic mass is 10.1. The molecule has 0 heterocycles. The topological polar surface area (TPSA) is 64.3 Å². The van der Waals surface area contributed by atoms with E-state index in [0.717, 1.165) is 12.8 Å². The number of nitrogens with two attached hydrogens (primary N) is 1. The summed E-state index contributed by atoms with van der Waals surface area (Å²) in [5.41, 5.74) is 5.79. The zero-order valence-corrected chi connectivity index (χ0v) is 13.2. The highest BCUT2D eigenvalue weighted by Gasteiger charge is 2.17. The Labute approximate surface area is 136 Å². The number of rotatable bonds is 6. The predicted molar refractivity (Wildman–Crippen MR) is 87.2 cm³/mol. The number of hydrogen-bond acceptors (Lipinski definition) is 3. The predicted octanol–water partition coefficient (Wildman–Crippen LogP) is 2.97. The minimum atomic E-state index is -0.402. The van der Waals surface area contributed by atoms with Gasteiger partial charge in [0.25, 0.3) is 5.91 Å². The van der Waals surface area contributed by atoms with Crippen molar-refractivity contribution >= 4 is 18.3 Å². The van der Waals surface area contributed by atoms with Gasteiger partial charge in [-0.15, -0.1) is 12.4 Å². The lowest BCUT2D eigenvalue weighted by Crippen LogP contribution is -2.32. The molecule has 0 bridgehead atoms. The first kappa shape index (κ1) is 18.5. The lowest BCUT2D eigenvalue weighted by Gasteiger charge is -2.12. The standard InChI is InChI=1S/C16H21FN2O2.ClH/c17-13(9-10-18)11-21-15-7-5-12(6-8-15)16(20)19-14-3-1-2-4-14;/h5-9,14H,1-4,10-11,18H2,(H,19,20);1H/b13-9+;. The molecule has 1 fully saturated rings. The van der Waals surface area contributed by atoms with Gasteiger partial charge in [0.2, 0.25) is 0 Å². The quantitative estimate of drug-likeness (QED) is 0.843. The minimum Gasteiger partial charge on any atom is -0.487 e. The molecule has 0 aliphatic heterocycles. The largest absolute Gasteiger partial charge is 0.487 e. The third-order valence-electron chi connectivity index (χ3n) is 3.52. The number of carbonyl (C=O) groups is 1. The molecule has 3 N–H and O–H groups in total. The first-order chi connectivity index (χ1) is 10.2. The summed E-state index contributed by atoms with van der Waals surface area (Å²) in [6, 6.07) is 7.00. The summed E-state index contributed by atoms with van der Waals surface area (Å²) in [7, 11) is 0. The van der Waals surface area contributed by atoms with Gasteiger partial charge in [0, 0.05) is 18.2 Å². The van der Waals surface area contributed by atoms with E-state index in [2.05, 4.69) is 5.32 Å². The molecule has 2 rings (SSSR count). The molecule has 0 saturated heterocycles. The van der Waals surface area contributed by atoms with Crippen LogP contribution in [-0.2, 0) is 0 Å². The summed E-state index contributed by atoms with van der Waals surface area (Å²) >= 11 is 0. The first-order valence-electron chi connectivity index (χ1n) is 7.27. The summed E-state index contributed by atoms with van der Waals surface area (Å²) in [5.74, 6) is 0.0520. The second-order valence-electron chi connectivity index (χ2n) is 5.15. The number of halogens is 2. The maximum absolute atomic E-state index is 13.1. The van der Waals surface area contributed by atoms with E-state index >= 15 is 0 Å². The molecule has 122 valence electrons. The Morgan fingerprint density at radius 2 is 1.95 bits per heavy atom. The molecule has 0 aromatic heterocycles. The number of benzene rings is 1. The molecular weight excluding hydrogens is 307 g/mol. The van der Waals surface area contributed by atoms with E-state index in [0.29, 0.717) is 17.4 Å². The van der Waals surface area contributed by atoms with Gasteiger partial charge in [-0.05, 0) is 43.2 Å². The van der Waals surface area contributed by atoms with E-state index in [-0.39, 0.29) is 31.5 Å². The summed E-state index contributed by atoms with van der Waals surface area (Å²) in [4.78, 5) is 12.0. The Balaban J connectivity index is 0.00000242. The van der Waals surface area contributed by atoms with E-state index in [1.54, 1.807) is 24.3 Å². The van der Waals surface area contributed by atoms with Crippen molar-refractivity contribution in [1.29, 1.82) is 0 Å². The molecule has 4 nitrogen and oxygen atoms in total. The molecule has 0 atom stereocenters. The van der Waals surface area contributed by atoms with Crippen LogP contribution in [0.5, 0.6) is 5.75 Å². The van der Waals surface area contributed by atoms with Crippen LogP contribution in [0.15, 0.2) is 36.2 Å². The number of ether oxygens (including phenoxy) is 1. The molecule has 1 saturated carbocycles. The van der Waals surface area contributed by atoms with Crippen LogP contribution >= 0.6 is 12.4 Å². The van der Waals surface area contributed by atoms with Gasteiger partial charge in [-0.1, -0.05) is 12.8 Å². The van der Waals surface area contributed by atoms with Crippen LogP contribution < -0.4 is 15.8 Å². The average molecular weight is 329 g/mol. The highest BCUT2D eigenvalue weighted by molar-refractivity contribution is 5.94. The van der Waals surface area contributed by atoms with Crippen molar-refractivity contribution in [3.8, 4) is 5.75 Å². The van der Waals surface area contributed by atoms with Crippen LogP contribution in [0.2, 0.25) is 0 Å². The van der Waals surface area contributed by atoms with Crippen LogP contribution in [-0.4, -0.2) is 25.1 Å². The SMILES string of the molecule is Cl.NC/C=C(/F)COc1ccc(C(=O)NC2CCCC2)cc1. The summed E-state index contributed by atoms with van der Waals surface area (Å²) in [6.07, 6.45) is 5.74. The molecule has 1 aliphatic rings. The second kappa shape index (κ2) is 9.43. The van der Waals surface area contributed by atoms with Gasteiger partial charge < -0.3 is 15.8 Å². The normalized spacial score (nSPS) is 15.3. The fourth-order valence-corrected chi connectivity index (χ4v) is 2.38. The van der Waals surface area contributed by atoms with Gasteiger partial charge in [-0.25, -0.2) is 4.39 Å². The first-order valence-corrected chi connectivity index (χ1v) is 7.27. The van der Waals surface area contributed by atoms with Crippen molar-refractivity contribution in [3.05, 3.63) is 41.7 Å². The minimum absolute atomic E-state index is 0. The fraction of sp³-hybridized carbons (Fsp3) is 0.438. The summed E-state index contributed by atoms with van der Waals surface area (Å²) in [6.45, 7) is 0.000284. The van der Waals surface area contributed by atoms with Gasteiger partial charge in [0.15, 0.2) is 0 Å². The lowest BCUT2D eigenvalue weighted by molar-refractivity contribution is 0.0938. The molecule has 1 aromatic carbocycles. The van der Waals surface area contributed by atoms with E-state index in [1.165, 1.54) is 18.9 Å². The van der Waals surface area contributed by atoms with Crippen molar-refractivity contribution in [2.45, 2.75) is 31.7 Å². The van der Waals surface area contributed by atoms with Crippen LogP contribution in [0.1, 0.15) is 36.0 Å². The van der Waals surface area contributed by atoms with Crippen LogP contribution in [0.25, 0.3) is 0 Å². The Morgan fingerprint density at radius 1 is 1.32 bits per heavy atom. The molecule has 1 aliphatic carbocycles. The molecule has 22 heavy (non-hydrogen) atoms. The van der Waals surface area contributed by atoms with E-state index < -0.39 is 5.83 Å². The number of amides is 1. The van der Waals surface area contributed by atoms with E-state index in [9.17, 15) is 9.18 Å². The smallest absolute Gasteiger partial charge is 0.251 e. The highest BCUT2D eigenvalue weighted by atomic mass is 35.5. The Morgan fingerprint density at radius 3 is 2.55 bits per heavy atom. The van der Waals surface area contributed by atoms with Gasteiger partial charge in [0.05, 0.1) is 0 Å². The highest BCUT2D eigenvalue weighted by Crippen LogP contribution is 2.19. The Kier molecular flexibility index (Phi) is 7.91. The molecule has 0 radical (unpaired) electrons. The Bertz CT molecular complexity index is 499. The molecule has 6 heteroatoms. The third-order valence-corrected chi connectivity index (χ3v) is 3.52. The van der Waals surface area contributed by atoms with Gasteiger partial charge in [-0.3, -0.25) is 4.79 Å². The van der Waals surface area contributed by atoms with Crippen molar-refractivity contribution in [1.82, 2.24) is 5.32 Å². The Hall–Kier alpha value is -1.59. The van der Waals surface area contributed by atoms with E-state index in [4.69, 9.17) is 10.5 Å². The monoisotopic (exact) mass is 328 g/mol. The summed E-state index contributed by atoms with van der Waals surface area (Å²) < 4.78 is 18.4. The number of hydrogen-bond donors (Lipinski definition) is 2. The fourth-order valence-electron chi connectivity index (χ4n) is 2.38. The third kappa shape index (κ3) is 5.66. The van der Waals surface area contributed by atoms with Crippen molar-refractivity contribution in [3.63, 3.8) is 0 Å². The molecule has 0 spiro atoms. The molecule has 0 unspecified atom stereocenters. The van der Waals surface area contributed by atoms with Crippen molar-refractivity contribution < 1.29 is 13.9 Å². The van der Waals surface area contributed by atoms with Crippen LogP contribution in [0.3, 0.4) is 0 Å².